The third kappa shape index (κ3) is 6.88. The lowest BCUT2D eigenvalue weighted by Crippen LogP contribution is -2.65. The van der Waals surface area contributed by atoms with Crippen molar-refractivity contribution in [3.05, 3.63) is 29.8 Å². The molecule has 0 bridgehead atoms. The van der Waals surface area contributed by atoms with Gasteiger partial charge in [-0.1, -0.05) is 53.7 Å². The second-order valence-corrected chi connectivity index (χ2v) is 22.4. The first kappa shape index (κ1) is 37.5. The van der Waals surface area contributed by atoms with Crippen LogP contribution in [-0.2, 0) is 62.5 Å². The molecule has 0 aliphatic carbocycles. The minimum absolute atomic E-state index is 0.0319. The summed E-state index contributed by atoms with van der Waals surface area (Å²) in [7, 11) is -8.28. The number of fused-ring (bicyclic) bond motifs is 4. The summed E-state index contributed by atoms with van der Waals surface area (Å²) in [5.41, 5.74) is -1.36. The standard InChI is InChI=1S/C32H47F3O12SSi/c1-28(2,3)49(29(4,5)6)39-16-19-22(47-49)25(46-48(36,37)20-14-12-11-13-17(20)32(33,34)35)26(40-19)38-15-18-21-23(43-30(7,8)42-21)24-27(41-18)45-31(9,10)44-24/h11-14,18-19,21-27H,15-16H2,1-10H3/t18-,19-,21+,22-,23+,24-,25+,26?,27-/m1/s1. The summed E-state index contributed by atoms with van der Waals surface area (Å²) in [5, 5.41) is -1.01. The zero-order valence-corrected chi connectivity index (χ0v) is 31.2. The highest BCUT2D eigenvalue weighted by Crippen LogP contribution is 2.56. The Labute approximate surface area is 286 Å². The molecule has 1 aromatic carbocycles. The van der Waals surface area contributed by atoms with Gasteiger partial charge in [0.05, 0.1) is 18.8 Å². The zero-order chi connectivity index (χ0) is 36.2. The van der Waals surface area contributed by atoms with Crippen molar-refractivity contribution in [1.29, 1.82) is 0 Å². The van der Waals surface area contributed by atoms with Crippen LogP contribution in [0.5, 0.6) is 0 Å². The predicted octanol–water partition coefficient (Wildman–Crippen LogP) is 5.38. The number of hydrogen-bond donors (Lipinski definition) is 0. The maximum atomic E-state index is 14.0. The second kappa shape index (κ2) is 12.2. The lowest BCUT2D eigenvalue weighted by Gasteiger charge is -2.53. The van der Waals surface area contributed by atoms with Crippen molar-refractivity contribution in [3.63, 3.8) is 0 Å². The SMILES string of the molecule is CC1(C)O[C@H]2[C@@H](O1)[C@@H](COC1O[C@@H]3CO[Si](C(C)(C)C)(C(C)(C)C)O[C@H]3[C@@H]1OS(=O)(=O)c1ccccc1C(F)(F)F)O[C@@H]1OC(C)(C)O[C@@H]12. The molecule has 5 aliphatic heterocycles. The van der Waals surface area contributed by atoms with Crippen molar-refractivity contribution >= 4 is 18.7 Å². The van der Waals surface area contributed by atoms with Crippen LogP contribution in [0.4, 0.5) is 13.2 Å². The van der Waals surface area contributed by atoms with E-state index in [1.165, 1.54) is 6.07 Å². The maximum absolute atomic E-state index is 14.0. The summed E-state index contributed by atoms with van der Waals surface area (Å²) in [5.74, 6) is -1.94. The van der Waals surface area contributed by atoms with Gasteiger partial charge in [-0.2, -0.15) is 21.6 Å². The lowest BCUT2D eigenvalue weighted by atomic mass is 9.99. The highest BCUT2D eigenvalue weighted by atomic mass is 32.2. The maximum Gasteiger partial charge on any atom is 0.417 e. The average molecular weight is 741 g/mol. The molecule has 5 saturated heterocycles. The van der Waals surface area contributed by atoms with Crippen LogP contribution in [0.3, 0.4) is 0 Å². The number of benzene rings is 1. The minimum atomic E-state index is -5.04. The monoisotopic (exact) mass is 740 g/mol. The number of hydrogen-bond acceptors (Lipinski definition) is 12. The van der Waals surface area contributed by atoms with Gasteiger partial charge in [-0.3, -0.25) is 4.18 Å². The van der Waals surface area contributed by atoms with E-state index in [2.05, 4.69) is 0 Å². The van der Waals surface area contributed by atoms with Crippen molar-refractivity contribution in [2.24, 2.45) is 0 Å². The van der Waals surface area contributed by atoms with Crippen molar-refractivity contribution < 1.29 is 67.8 Å². The Kier molecular flexibility index (Phi) is 9.32. The van der Waals surface area contributed by atoms with E-state index >= 15 is 0 Å². The molecule has 0 saturated carbocycles. The molecule has 0 aromatic heterocycles. The average Bonchev–Trinajstić information content (AvgIpc) is 3.58. The fraction of sp³-hybridized carbons (Fsp3) is 0.812. The molecule has 1 unspecified atom stereocenters. The fourth-order valence-electron chi connectivity index (χ4n) is 7.68. The molecule has 49 heavy (non-hydrogen) atoms. The van der Waals surface area contributed by atoms with E-state index in [1.54, 1.807) is 27.7 Å². The van der Waals surface area contributed by atoms with E-state index in [4.69, 9.17) is 46.2 Å². The van der Waals surface area contributed by atoms with E-state index < -0.39 is 112 Å². The zero-order valence-electron chi connectivity index (χ0n) is 29.4. The Morgan fingerprint density at radius 1 is 0.837 bits per heavy atom. The van der Waals surface area contributed by atoms with Crippen molar-refractivity contribution in [2.45, 2.75) is 157 Å². The van der Waals surface area contributed by atoms with Gasteiger partial charge in [0.15, 0.2) is 30.3 Å². The number of ether oxygens (including phenoxy) is 7. The molecule has 0 amide bonds. The molecule has 5 aliphatic rings. The van der Waals surface area contributed by atoms with Crippen LogP contribution in [0.15, 0.2) is 29.2 Å². The van der Waals surface area contributed by atoms with Crippen molar-refractivity contribution in [3.8, 4) is 0 Å². The van der Waals surface area contributed by atoms with Crippen LogP contribution in [0.2, 0.25) is 10.1 Å². The van der Waals surface area contributed by atoms with Crippen LogP contribution in [0, 0.1) is 0 Å². The third-order valence-corrected chi connectivity index (χ3v) is 15.9. The van der Waals surface area contributed by atoms with Crippen LogP contribution in [0.1, 0.15) is 74.8 Å². The first-order chi connectivity index (χ1) is 22.3. The van der Waals surface area contributed by atoms with E-state index in [0.29, 0.717) is 6.07 Å². The Morgan fingerprint density at radius 2 is 1.43 bits per heavy atom. The second-order valence-electron chi connectivity index (χ2n) is 16.1. The van der Waals surface area contributed by atoms with E-state index in [1.807, 2.05) is 41.5 Å². The quantitative estimate of drug-likeness (QED) is 0.275. The summed E-state index contributed by atoms with van der Waals surface area (Å²) in [4.78, 5) is -1.03. The summed E-state index contributed by atoms with van der Waals surface area (Å²) in [6, 6.07) is 3.84. The largest absolute Gasteiger partial charge is 0.417 e. The number of halogens is 3. The molecule has 0 spiro atoms. The van der Waals surface area contributed by atoms with E-state index in [9.17, 15) is 21.6 Å². The van der Waals surface area contributed by atoms with Crippen LogP contribution in [-0.4, -0.2) is 97.1 Å². The van der Waals surface area contributed by atoms with Gasteiger partial charge < -0.3 is 42.0 Å². The van der Waals surface area contributed by atoms with Gasteiger partial charge >= 0.3 is 14.7 Å². The normalized spacial score (nSPS) is 37.0. The molecule has 17 heteroatoms. The molecule has 0 N–H and O–H groups in total. The number of alkyl halides is 3. The van der Waals surface area contributed by atoms with E-state index in [-0.39, 0.29) is 13.2 Å². The Hall–Kier alpha value is -1.22. The fourth-order valence-corrected chi connectivity index (χ4v) is 13.9. The first-order valence-corrected chi connectivity index (χ1v) is 19.6. The van der Waals surface area contributed by atoms with Crippen LogP contribution >= 0.6 is 0 Å². The summed E-state index contributed by atoms with van der Waals surface area (Å²) >= 11 is 0. The van der Waals surface area contributed by atoms with Crippen molar-refractivity contribution in [1.82, 2.24) is 0 Å². The smallest absolute Gasteiger partial charge is 0.391 e. The molecule has 1 aromatic rings. The van der Waals surface area contributed by atoms with Gasteiger partial charge in [-0.05, 0) is 39.8 Å². The van der Waals surface area contributed by atoms with Gasteiger partial charge in [0, 0.05) is 10.1 Å². The molecular weight excluding hydrogens is 693 g/mol. The van der Waals surface area contributed by atoms with Gasteiger partial charge in [0.2, 0.25) is 0 Å². The summed E-state index contributed by atoms with van der Waals surface area (Å²) in [6.07, 6.45) is -13.2. The molecule has 6 rings (SSSR count). The molecular formula is C32H47F3O12SSi. The lowest BCUT2D eigenvalue weighted by molar-refractivity contribution is -0.258. The predicted molar refractivity (Wildman–Crippen MR) is 167 cm³/mol. The summed E-state index contributed by atoms with van der Waals surface area (Å²) in [6.45, 7) is 18.7. The minimum Gasteiger partial charge on any atom is -0.391 e. The van der Waals surface area contributed by atoms with E-state index in [0.717, 1.165) is 12.1 Å². The molecule has 9 atom stereocenters. The Bertz CT molecular complexity index is 1490. The van der Waals surface area contributed by atoms with Gasteiger partial charge in [-0.15, -0.1) is 0 Å². The molecule has 278 valence electrons. The third-order valence-electron chi connectivity index (χ3n) is 9.37. The first-order valence-electron chi connectivity index (χ1n) is 16.4. The highest BCUT2D eigenvalue weighted by Gasteiger charge is 2.66. The number of rotatable bonds is 6. The van der Waals surface area contributed by atoms with Gasteiger partial charge in [0.1, 0.15) is 41.5 Å². The van der Waals surface area contributed by atoms with Crippen LogP contribution < -0.4 is 0 Å². The van der Waals surface area contributed by atoms with Gasteiger partial charge in [0.25, 0.3) is 10.1 Å². The topological polar surface area (TPSA) is 126 Å². The highest BCUT2D eigenvalue weighted by molar-refractivity contribution is 7.86. The molecule has 5 heterocycles. The summed E-state index contributed by atoms with van der Waals surface area (Å²) < 4.78 is 131. The molecule has 5 fully saturated rings. The Morgan fingerprint density at radius 3 is 2.06 bits per heavy atom. The van der Waals surface area contributed by atoms with Crippen LogP contribution in [0.25, 0.3) is 0 Å². The van der Waals surface area contributed by atoms with Crippen molar-refractivity contribution in [2.75, 3.05) is 13.2 Å². The molecule has 12 nitrogen and oxygen atoms in total. The van der Waals surface area contributed by atoms with Gasteiger partial charge in [-0.25, -0.2) is 0 Å². The Balaban J connectivity index is 1.31. The molecule has 0 radical (unpaired) electrons.